The fraction of sp³-hybridized carbons (Fsp3) is 0.667. The fourth-order valence-corrected chi connectivity index (χ4v) is 3.37. The summed E-state index contributed by atoms with van der Waals surface area (Å²) >= 11 is 0. The number of carbonyl (C=O) groups excluding carboxylic acids is 1. The topological polar surface area (TPSA) is 60.5 Å². The van der Waals surface area contributed by atoms with Crippen molar-refractivity contribution in [1.29, 1.82) is 0 Å². The van der Waals surface area contributed by atoms with Crippen molar-refractivity contribution >= 4 is 5.91 Å². The highest BCUT2D eigenvalue weighted by Gasteiger charge is 2.36. The van der Waals surface area contributed by atoms with Crippen molar-refractivity contribution in [2.24, 2.45) is 5.73 Å². The first-order valence-electron chi connectivity index (χ1n) is 7.44. The molecule has 5 heteroatoms. The summed E-state index contributed by atoms with van der Waals surface area (Å²) in [5.74, 6) is 0.124. The first kappa shape index (κ1) is 13.6. The number of aryl methyl sites for hydroxylation is 1. The molecule has 110 valence electrons. The van der Waals surface area contributed by atoms with E-state index in [0.717, 1.165) is 25.9 Å². The standard InChI is InChI=1S/C15H23N3O2/c1-10-3-5-13-11(2)18(8-7-17(10)13)15(19)14-6-4-12(9-16)20-14/h3,5,11-12,14H,4,6-9,16H2,1-2H3. The molecule has 2 aliphatic rings. The lowest BCUT2D eigenvalue weighted by molar-refractivity contribution is -0.146. The molecule has 20 heavy (non-hydrogen) atoms. The predicted molar refractivity (Wildman–Crippen MR) is 76.2 cm³/mol. The summed E-state index contributed by atoms with van der Waals surface area (Å²) in [5, 5.41) is 0. The molecule has 3 atom stereocenters. The zero-order valence-electron chi connectivity index (χ0n) is 12.2. The van der Waals surface area contributed by atoms with Crippen LogP contribution >= 0.6 is 0 Å². The Balaban J connectivity index is 1.74. The Morgan fingerprint density at radius 2 is 2.20 bits per heavy atom. The lowest BCUT2D eigenvalue weighted by atomic mass is 10.1. The Hall–Kier alpha value is -1.33. The highest BCUT2D eigenvalue weighted by Crippen LogP contribution is 2.30. The molecular formula is C15H23N3O2. The SMILES string of the molecule is Cc1ccc2n1CCN(C(=O)C1CCC(CN)O1)C2C. The third-order valence-electron chi connectivity index (χ3n) is 4.62. The van der Waals surface area contributed by atoms with Crippen LogP contribution in [0.1, 0.15) is 37.2 Å². The molecular weight excluding hydrogens is 254 g/mol. The van der Waals surface area contributed by atoms with Gasteiger partial charge in [0.05, 0.1) is 12.1 Å². The van der Waals surface area contributed by atoms with Crippen LogP contribution in [0, 0.1) is 6.92 Å². The Kier molecular flexibility index (Phi) is 3.56. The number of fused-ring (bicyclic) bond motifs is 1. The number of nitrogens with zero attached hydrogens (tertiary/aromatic N) is 2. The molecule has 0 aromatic carbocycles. The number of hydrogen-bond acceptors (Lipinski definition) is 3. The summed E-state index contributed by atoms with van der Waals surface area (Å²) < 4.78 is 8.04. The largest absolute Gasteiger partial charge is 0.364 e. The first-order valence-corrected chi connectivity index (χ1v) is 7.44. The monoisotopic (exact) mass is 277 g/mol. The van der Waals surface area contributed by atoms with Crippen LogP contribution in [0.3, 0.4) is 0 Å². The average Bonchev–Trinajstić information content (AvgIpc) is 3.06. The number of amides is 1. The van der Waals surface area contributed by atoms with Crippen LogP contribution in [0.25, 0.3) is 0 Å². The van der Waals surface area contributed by atoms with Gasteiger partial charge >= 0.3 is 0 Å². The molecule has 2 aliphatic heterocycles. The lowest BCUT2D eigenvalue weighted by Crippen LogP contribution is -2.46. The van der Waals surface area contributed by atoms with Crippen molar-refractivity contribution in [3.63, 3.8) is 0 Å². The molecule has 3 heterocycles. The van der Waals surface area contributed by atoms with E-state index in [0.29, 0.717) is 6.54 Å². The van der Waals surface area contributed by atoms with Crippen molar-refractivity contribution < 1.29 is 9.53 Å². The van der Waals surface area contributed by atoms with Gasteiger partial charge < -0.3 is 19.9 Å². The van der Waals surface area contributed by atoms with Gasteiger partial charge in [-0.15, -0.1) is 0 Å². The molecule has 1 amide bonds. The fourth-order valence-electron chi connectivity index (χ4n) is 3.37. The maximum absolute atomic E-state index is 12.6. The third kappa shape index (κ3) is 2.15. The van der Waals surface area contributed by atoms with Gasteiger partial charge in [-0.1, -0.05) is 0 Å². The van der Waals surface area contributed by atoms with E-state index in [1.54, 1.807) is 0 Å². The van der Waals surface area contributed by atoms with Crippen molar-refractivity contribution in [3.8, 4) is 0 Å². The summed E-state index contributed by atoms with van der Waals surface area (Å²) in [6, 6.07) is 4.36. The van der Waals surface area contributed by atoms with Gasteiger partial charge in [0.15, 0.2) is 0 Å². The molecule has 5 nitrogen and oxygen atoms in total. The normalized spacial score (nSPS) is 29.6. The van der Waals surface area contributed by atoms with E-state index < -0.39 is 0 Å². The second-order valence-electron chi connectivity index (χ2n) is 5.82. The summed E-state index contributed by atoms with van der Waals surface area (Å²) in [4.78, 5) is 14.6. The van der Waals surface area contributed by atoms with E-state index in [9.17, 15) is 4.79 Å². The zero-order chi connectivity index (χ0) is 14.3. The minimum absolute atomic E-state index is 0.0511. The van der Waals surface area contributed by atoms with Crippen molar-refractivity contribution in [3.05, 3.63) is 23.5 Å². The third-order valence-corrected chi connectivity index (χ3v) is 4.62. The smallest absolute Gasteiger partial charge is 0.252 e. The van der Waals surface area contributed by atoms with Gasteiger partial charge in [0, 0.05) is 31.0 Å². The summed E-state index contributed by atoms with van der Waals surface area (Å²) in [7, 11) is 0. The van der Waals surface area contributed by atoms with E-state index in [1.165, 1.54) is 11.4 Å². The molecule has 0 aliphatic carbocycles. The molecule has 0 saturated carbocycles. The number of ether oxygens (including phenoxy) is 1. The quantitative estimate of drug-likeness (QED) is 0.884. The molecule has 3 rings (SSSR count). The second-order valence-corrected chi connectivity index (χ2v) is 5.82. The van der Waals surface area contributed by atoms with E-state index in [4.69, 9.17) is 10.5 Å². The van der Waals surface area contributed by atoms with Crippen LogP contribution in [0.4, 0.5) is 0 Å². The van der Waals surface area contributed by atoms with E-state index in [1.807, 2.05) is 4.90 Å². The average molecular weight is 277 g/mol. The Morgan fingerprint density at radius 1 is 1.40 bits per heavy atom. The van der Waals surface area contributed by atoms with Crippen LogP contribution in [0.5, 0.6) is 0 Å². The van der Waals surface area contributed by atoms with E-state index in [-0.39, 0.29) is 24.2 Å². The predicted octanol–water partition coefficient (Wildman–Crippen LogP) is 1.21. The van der Waals surface area contributed by atoms with Crippen LogP contribution in [0.2, 0.25) is 0 Å². The van der Waals surface area contributed by atoms with Crippen LogP contribution in [0.15, 0.2) is 12.1 Å². The Morgan fingerprint density at radius 3 is 2.90 bits per heavy atom. The molecule has 1 fully saturated rings. The number of nitrogens with two attached hydrogens (primary N) is 1. The second kappa shape index (κ2) is 5.22. The summed E-state index contributed by atoms with van der Waals surface area (Å²) in [6.07, 6.45) is 1.44. The molecule has 0 radical (unpaired) electrons. The number of rotatable bonds is 2. The summed E-state index contributed by atoms with van der Waals surface area (Å²) in [5.41, 5.74) is 8.10. The highest BCUT2D eigenvalue weighted by molar-refractivity contribution is 5.81. The number of aromatic nitrogens is 1. The minimum atomic E-state index is -0.298. The van der Waals surface area contributed by atoms with Crippen LogP contribution in [-0.2, 0) is 16.1 Å². The Bertz CT molecular complexity index is 511. The highest BCUT2D eigenvalue weighted by atomic mass is 16.5. The molecule has 1 aromatic heterocycles. The number of hydrogen-bond donors (Lipinski definition) is 1. The van der Waals surface area contributed by atoms with Gasteiger partial charge in [0.1, 0.15) is 6.10 Å². The Labute approximate surface area is 119 Å². The molecule has 1 saturated heterocycles. The first-order chi connectivity index (χ1) is 9.61. The van der Waals surface area contributed by atoms with Crippen molar-refractivity contribution in [1.82, 2.24) is 9.47 Å². The molecule has 0 bridgehead atoms. The molecule has 2 N–H and O–H groups in total. The van der Waals surface area contributed by atoms with Gasteiger partial charge in [-0.25, -0.2) is 0 Å². The van der Waals surface area contributed by atoms with Crippen molar-refractivity contribution in [2.75, 3.05) is 13.1 Å². The van der Waals surface area contributed by atoms with Gasteiger partial charge in [0.2, 0.25) is 0 Å². The van der Waals surface area contributed by atoms with Gasteiger partial charge in [-0.05, 0) is 38.8 Å². The molecule has 1 aromatic rings. The minimum Gasteiger partial charge on any atom is -0.364 e. The van der Waals surface area contributed by atoms with E-state index in [2.05, 4.69) is 30.5 Å². The molecule has 3 unspecified atom stereocenters. The summed E-state index contributed by atoms with van der Waals surface area (Å²) in [6.45, 7) is 6.34. The van der Waals surface area contributed by atoms with Crippen LogP contribution < -0.4 is 5.73 Å². The van der Waals surface area contributed by atoms with Gasteiger partial charge in [0.25, 0.3) is 5.91 Å². The van der Waals surface area contributed by atoms with E-state index >= 15 is 0 Å². The number of carbonyl (C=O) groups is 1. The van der Waals surface area contributed by atoms with Gasteiger partial charge in [-0.2, -0.15) is 0 Å². The van der Waals surface area contributed by atoms with Crippen LogP contribution in [-0.4, -0.2) is 40.7 Å². The lowest BCUT2D eigenvalue weighted by Gasteiger charge is -2.36. The van der Waals surface area contributed by atoms with Crippen molar-refractivity contribution in [2.45, 2.75) is 51.5 Å². The maximum Gasteiger partial charge on any atom is 0.252 e. The maximum atomic E-state index is 12.6. The molecule has 0 spiro atoms. The zero-order valence-corrected chi connectivity index (χ0v) is 12.2. The van der Waals surface area contributed by atoms with Gasteiger partial charge in [-0.3, -0.25) is 4.79 Å².